The Morgan fingerprint density at radius 1 is 0.591 bits per heavy atom. The predicted molar refractivity (Wildman–Crippen MR) is 93.1 cm³/mol. The highest BCUT2D eigenvalue weighted by atomic mass is 14.7. The van der Waals surface area contributed by atoms with Crippen molar-refractivity contribution >= 4 is 32.7 Å². The summed E-state index contributed by atoms with van der Waals surface area (Å²) in [5, 5.41) is 3.80. The molecule has 0 saturated carbocycles. The van der Waals surface area contributed by atoms with Crippen molar-refractivity contribution < 1.29 is 0 Å². The van der Waals surface area contributed by atoms with Gasteiger partial charge in [0.25, 0.3) is 0 Å². The Hall–Kier alpha value is -3.00. The first-order chi connectivity index (χ1) is 10.9. The third-order valence-corrected chi connectivity index (χ3v) is 4.41. The molecule has 2 N–H and O–H groups in total. The molecule has 0 aliphatic rings. The van der Waals surface area contributed by atoms with Crippen molar-refractivity contribution in [2.24, 2.45) is 0 Å². The van der Waals surface area contributed by atoms with E-state index in [2.05, 4.69) is 76.7 Å². The highest BCUT2D eigenvalue weighted by Gasteiger charge is 2.09. The first kappa shape index (κ1) is 11.6. The number of rotatable bonds is 1. The van der Waals surface area contributed by atoms with Gasteiger partial charge in [0.05, 0.1) is 5.52 Å². The van der Waals surface area contributed by atoms with Crippen molar-refractivity contribution in [1.29, 1.82) is 0 Å². The summed E-state index contributed by atoms with van der Waals surface area (Å²) >= 11 is 0. The Kier molecular flexibility index (Phi) is 2.25. The van der Waals surface area contributed by atoms with Crippen LogP contribution in [0.1, 0.15) is 0 Å². The van der Waals surface area contributed by atoms with E-state index in [9.17, 15) is 0 Å². The fourth-order valence-electron chi connectivity index (χ4n) is 3.31. The molecule has 0 amide bonds. The molecule has 0 aliphatic carbocycles. The van der Waals surface area contributed by atoms with Crippen molar-refractivity contribution in [3.63, 3.8) is 0 Å². The van der Waals surface area contributed by atoms with E-state index in [0.717, 1.165) is 0 Å². The standard InChI is InChI=1S/C20H14N2/c1-2-4-13(5-3-1)14-6-8-19-17(12-14)15-7-9-18-16(10-11-21-18)20(15)22-19/h1-12,21-22H. The van der Waals surface area contributed by atoms with Gasteiger partial charge in [-0.1, -0.05) is 42.5 Å². The molecule has 0 unspecified atom stereocenters. The van der Waals surface area contributed by atoms with Crippen molar-refractivity contribution in [2.75, 3.05) is 0 Å². The van der Waals surface area contributed by atoms with Crippen molar-refractivity contribution in [3.8, 4) is 11.1 Å². The molecule has 22 heavy (non-hydrogen) atoms. The van der Waals surface area contributed by atoms with Gasteiger partial charge in [-0.3, -0.25) is 0 Å². The molecule has 0 saturated heterocycles. The fraction of sp³-hybridized carbons (Fsp3) is 0. The Morgan fingerprint density at radius 3 is 2.36 bits per heavy atom. The van der Waals surface area contributed by atoms with Crippen LogP contribution in [0.3, 0.4) is 0 Å². The summed E-state index contributed by atoms with van der Waals surface area (Å²) in [6.45, 7) is 0. The topological polar surface area (TPSA) is 31.6 Å². The molecule has 0 bridgehead atoms. The molecular formula is C20H14N2. The summed E-state index contributed by atoms with van der Waals surface area (Å²) in [5.74, 6) is 0. The molecule has 2 nitrogen and oxygen atoms in total. The first-order valence-corrected chi connectivity index (χ1v) is 7.47. The SMILES string of the molecule is c1ccc(-c2ccc3[nH]c4c5cc[nH]c5ccc4c3c2)cc1. The third-order valence-electron chi connectivity index (χ3n) is 4.41. The van der Waals surface area contributed by atoms with Gasteiger partial charge in [0.2, 0.25) is 0 Å². The van der Waals surface area contributed by atoms with Gasteiger partial charge < -0.3 is 9.97 Å². The van der Waals surface area contributed by atoms with Gasteiger partial charge >= 0.3 is 0 Å². The van der Waals surface area contributed by atoms with Gasteiger partial charge in [0.1, 0.15) is 0 Å². The van der Waals surface area contributed by atoms with E-state index in [1.165, 1.54) is 43.8 Å². The normalized spacial score (nSPS) is 11.6. The number of benzene rings is 3. The van der Waals surface area contributed by atoms with Gasteiger partial charge in [0.15, 0.2) is 0 Å². The molecule has 5 rings (SSSR count). The molecule has 2 heteroatoms. The van der Waals surface area contributed by atoms with Gasteiger partial charge in [0, 0.05) is 33.4 Å². The summed E-state index contributed by atoms with van der Waals surface area (Å²) in [5.41, 5.74) is 6.06. The largest absolute Gasteiger partial charge is 0.361 e. The van der Waals surface area contributed by atoms with Gasteiger partial charge in [-0.05, 0) is 35.4 Å². The van der Waals surface area contributed by atoms with Crippen LogP contribution >= 0.6 is 0 Å². The maximum Gasteiger partial charge on any atom is 0.0560 e. The average molecular weight is 282 g/mol. The van der Waals surface area contributed by atoms with Crippen LogP contribution in [0.25, 0.3) is 43.8 Å². The molecule has 0 fully saturated rings. The molecule has 0 spiro atoms. The second-order valence-electron chi connectivity index (χ2n) is 5.68. The zero-order valence-electron chi connectivity index (χ0n) is 11.9. The van der Waals surface area contributed by atoms with Crippen LogP contribution in [0.15, 0.2) is 72.9 Å². The minimum atomic E-state index is 1.17. The maximum absolute atomic E-state index is 3.57. The van der Waals surface area contributed by atoms with E-state index in [-0.39, 0.29) is 0 Å². The van der Waals surface area contributed by atoms with Crippen LogP contribution < -0.4 is 0 Å². The van der Waals surface area contributed by atoms with Crippen LogP contribution in [-0.4, -0.2) is 9.97 Å². The van der Waals surface area contributed by atoms with Crippen molar-refractivity contribution in [1.82, 2.24) is 9.97 Å². The van der Waals surface area contributed by atoms with Crippen molar-refractivity contribution in [3.05, 3.63) is 72.9 Å². The van der Waals surface area contributed by atoms with Crippen LogP contribution in [-0.2, 0) is 0 Å². The number of nitrogens with one attached hydrogen (secondary N) is 2. The number of fused-ring (bicyclic) bond motifs is 5. The quantitative estimate of drug-likeness (QED) is 0.408. The van der Waals surface area contributed by atoms with Gasteiger partial charge in [-0.15, -0.1) is 0 Å². The smallest absolute Gasteiger partial charge is 0.0560 e. The average Bonchev–Trinajstić information content (AvgIpc) is 3.19. The lowest BCUT2D eigenvalue weighted by molar-refractivity contribution is 1.48. The lowest BCUT2D eigenvalue weighted by atomic mass is 10.0. The van der Waals surface area contributed by atoms with Crippen molar-refractivity contribution in [2.45, 2.75) is 0 Å². The summed E-state index contributed by atoms with van der Waals surface area (Å²) in [6, 6.07) is 23.6. The van der Waals surface area contributed by atoms with E-state index in [1.54, 1.807) is 0 Å². The molecule has 2 aromatic heterocycles. The van der Waals surface area contributed by atoms with Gasteiger partial charge in [-0.2, -0.15) is 0 Å². The Balaban J connectivity index is 1.86. The predicted octanol–water partition coefficient (Wildman–Crippen LogP) is 5.47. The Labute approximate surface area is 127 Å². The molecule has 2 heterocycles. The maximum atomic E-state index is 3.57. The monoisotopic (exact) mass is 282 g/mol. The molecule has 3 aromatic carbocycles. The fourth-order valence-corrected chi connectivity index (χ4v) is 3.31. The summed E-state index contributed by atoms with van der Waals surface area (Å²) in [4.78, 5) is 6.84. The van der Waals surface area contributed by atoms with E-state index >= 15 is 0 Å². The summed E-state index contributed by atoms with van der Waals surface area (Å²) < 4.78 is 0. The summed E-state index contributed by atoms with van der Waals surface area (Å²) in [6.07, 6.45) is 1.99. The van der Waals surface area contributed by atoms with E-state index < -0.39 is 0 Å². The number of H-pyrrole nitrogens is 2. The van der Waals surface area contributed by atoms with Crippen LogP contribution in [0.2, 0.25) is 0 Å². The first-order valence-electron chi connectivity index (χ1n) is 7.47. The molecule has 0 aliphatic heterocycles. The van der Waals surface area contributed by atoms with Gasteiger partial charge in [-0.25, -0.2) is 0 Å². The number of aromatic nitrogens is 2. The number of aromatic amines is 2. The van der Waals surface area contributed by atoms with E-state index in [1.807, 2.05) is 6.20 Å². The lowest BCUT2D eigenvalue weighted by Gasteiger charge is -2.01. The Morgan fingerprint density at radius 2 is 1.45 bits per heavy atom. The minimum absolute atomic E-state index is 1.17. The van der Waals surface area contributed by atoms with Crippen LogP contribution in [0.4, 0.5) is 0 Å². The Bertz CT molecular complexity index is 1110. The highest BCUT2D eigenvalue weighted by molar-refractivity contribution is 6.17. The summed E-state index contributed by atoms with van der Waals surface area (Å²) in [7, 11) is 0. The second kappa shape index (κ2) is 4.25. The second-order valence-corrected chi connectivity index (χ2v) is 5.68. The molecule has 104 valence electrons. The highest BCUT2D eigenvalue weighted by Crippen LogP contribution is 2.33. The minimum Gasteiger partial charge on any atom is -0.361 e. The molecule has 5 aromatic rings. The zero-order valence-corrected chi connectivity index (χ0v) is 11.9. The third kappa shape index (κ3) is 1.55. The van der Waals surface area contributed by atoms with E-state index in [4.69, 9.17) is 0 Å². The molecule has 0 radical (unpaired) electrons. The number of hydrogen-bond acceptors (Lipinski definition) is 0. The van der Waals surface area contributed by atoms with Crippen LogP contribution in [0, 0.1) is 0 Å². The molecule has 0 atom stereocenters. The molecular weight excluding hydrogens is 268 g/mol. The van der Waals surface area contributed by atoms with Crippen LogP contribution in [0.5, 0.6) is 0 Å². The van der Waals surface area contributed by atoms with E-state index in [0.29, 0.717) is 0 Å². The number of hydrogen-bond donors (Lipinski definition) is 2. The zero-order chi connectivity index (χ0) is 14.5. The lowest BCUT2D eigenvalue weighted by Crippen LogP contribution is -1.76.